The number of nitrogens with one attached hydrogen (secondary N) is 1. The number of thioether (sulfide) groups is 1. The normalized spacial score (nSPS) is 15.2. The molecule has 0 spiro atoms. The number of hydrogen-bond donors (Lipinski definition) is 1. The van der Waals surface area contributed by atoms with E-state index in [4.69, 9.17) is 11.6 Å². The molecule has 5 rings (SSSR count). The minimum atomic E-state index is -0.741. The predicted octanol–water partition coefficient (Wildman–Crippen LogP) is 4.19. The number of halogens is 3. The van der Waals surface area contributed by atoms with Crippen LogP contribution in [-0.2, 0) is 4.79 Å². The van der Waals surface area contributed by atoms with Crippen LogP contribution in [0.2, 0.25) is 5.02 Å². The van der Waals surface area contributed by atoms with Crippen LogP contribution >= 0.6 is 23.4 Å². The van der Waals surface area contributed by atoms with E-state index < -0.39 is 23.6 Å². The quantitative estimate of drug-likeness (QED) is 0.449. The standard InChI is InChI=1S/C21H14ClF2N5O2S/c22-11-2-1-3-13(6-11)29-19-15(9-25-29)20(31)28-14(10-32-21(28)27-19)8-18(30)26-17-7-12(23)4-5-16(17)24/h1-7,9,14H,8,10H2,(H,26,30). The van der Waals surface area contributed by atoms with Gasteiger partial charge in [-0.25, -0.2) is 18.4 Å². The van der Waals surface area contributed by atoms with Crippen LogP contribution in [0.1, 0.15) is 12.5 Å². The highest BCUT2D eigenvalue weighted by molar-refractivity contribution is 7.99. The van der Waals surface area contributed by atoms with E-state index in [1.54, 1.807) is 24.3 Å². The molecular formula is C21H14ClF2N5O2S. The lowest BCUT2D eigenvalue weighted by Gasteiger charge is -2.14. The fourth-order valence-corrected chi connectivity index (χ4v) is 4.90. The Morgan fingerprint density at radius 1 is 1.25 bits per heavy atom. The third-order valence-corrected chi connectivity index (χ3v) is 6.38. The maximum atomic E-state index is 13.8. The second-order valence-electron chi connectivity index (χ2n) is 7.18. The fourth-order valence-electron chi connectivity index (χ4n) is 3.59. The van der Waals surface area contributed by atoms with Crippen LogP contribution in [0.4, 0.5) is 14.5 Å². The van der Waals surface area contributed by atoms with Gasteiger partial charge in [-0.1, -0.05) is 29.4 Å². The summed E-state index contributed by atoms with van der Waals surface area (Å²) in [4.78, 5) is 30.2. The highest BCUT2D eigenvalue weighted by atomic mass is 35.5. The summed E-state index contributed by atoms with van der Waals surface area (Å²) >= 11 is 7.41. The first-order chi connectivity index (χ1) is 15.4. The molecular weight excluding hydrogens is 460 g/mol. The van der Waals surface area contributed by atoms with E-state index in [2.05, 4.69) is 15.4 Å². The van der Waals surface area contributed by atoms with Crippen molar-refractivity contribution in [1.82, 2.24) is 19.3 Å². The minimum absolute atomic E-state index is 0.0918. The lowest BCUT2D eigenvalue weighted by Crippen LogP contribution is -2.28. The average Bonchev–Trinajstić information content (AvgIpc) is 3.36. The maximum absolute atomic E-state index is 13.8. The third kappa shape index (κ3) is 3.65. The largest absolute Gasteiger partial charge is 0.323 e. The van der Waals surface area contributed by atoms with Crippen molar-refractivity contribution in [3.63, 3.8) is 0 Å². The molecule has 1 N–H and O–H groups in total. The van der Waals surface area contributed by atoms with Crippen LogP contribution in [0.15, 0.2) is 58.6 Å². The van der Waals surface area contributed by atoms with Crippen molar-refractivity contribution in [3.8, 4) is 5.69 Å². The second-order valence-corrected chi connectivity index (χ2v) is 8.61. The Hall–Kier alpha value is -3.24. The van der Waals surface area contributed by atoms with Crippen molar-refractivity contribution in [2.24, 2.45) is 0 Å². The highest BCUT2D eigenvalue weighted by Gasteiger charge is 2.30. The number of amides is 1. The molecule has 1 aliphatic rings. The highest BCUT2D eigenvalue weighted by Crippen LogP contribution is 2.33. The van der Waals surface area contributed by atoms with Gasteiger partial charge in [-0.05, 0) is 30.3 Å². The Morgan fingerprint density at radius 2 is 2.09 bits per heavy atom. The van der Waals surface area contributed by atoms with E-state index in [1.165, 1.54) is 27.2 Å². The summed E-state index contributed by atoms with van der Waals surface area (Å²) < 4.78 is 30.2. The average molecular weight is 474 g/mol. The molecule has 2 aromatic carbocycles. The monoisotopic (exact) mass is 473 g/mol. The van der Waals surface area contributed by atoms with Crippen molar-refractivity contribution in [3.05, 3.63) is 75.7 Å². The molecule has 0 radical (unpaired) electrons. The molecule has 2 aromatic heterocycles. The summed E-state index contributed by atoms with van der Waals surface area (Å²) in [5.74, 6) is -1.49. The molecule has 162 valence electrons. The summed E-state index contributed by atoms with van der Waals surface area (Å²) in [6, 6.07) is 9.36. The van der Waals surface area contributed by atoms with Crippen molar-refractivity contribution < 1.29 is 13.6 Å². The molecule has 32 heavy (non-hydrogen) atoms. The number of aromatic nitrogens is 4. The molecule has 1 aliphatic heterocycles. The van der Waals surface area contributed by atoms with Gasteiger partial charge in [0.15, 0.2) is 10.8 Å². The van der Waals surface area contributed by atoms with E-state index in [0.717, 1.165) is 18.2 Å². The molecule has 7 nitrogen and oxygen atoms in total. The van der Waals surface area contributed by atoms with E-state index in [9.17, 15) is 18.4 Å². The summed E-state index contributed by atoms with van der Waals surface area (Å²) in [6.07, 6.45) is 1.34. The summed E-state index contributed by atoms with van der Waals surface area (Å²) in [5.41, 5.74) is 0.492. The number of hydrogen-bond acceptors (Lipinski definition) is 5. The van der Waals surface area contributed by atoms with E-state index in [1.807, 2.05) is 0 Å². The smallest absolute Gasteiger partial charge is 0.265 e. The van der Waals surface area contributed by atoms with Gasteiger partial charge in [0.25, 0.3) is 5.56 Å². The van der Waals surface area contributed by atoms with Crippen LogP contribution in [0.3, 0.4) is 0 Å². The Kier molecular flexibility index (Phi) is 5.18. The van der Waals surface area contributed by atoms with E-state index in [-0.39, 0.29) is 17.7 Å². The number of benzene rings is 2. The van der Waals surface area contributed by atoms with Gasteiger partial charge in [-0.3, -0.25) is 14.2 Å². The Labute approximate surface area is 189 Å². The zero-order chi connectivity index (χ0) is 22.4. The third-order valence-electron chi connectivity index (χ3n) is 5.05. The lowest BCUT2D eigenvalue weighted by atomic mass is 10.2. The Balaban J connectivity index is 1.45. The molecule has 0 fully saturated rings. The summed E-state index contributed by atoms with van der Waals surface area (Å²) in [7, 11) is 0. The topological polar surface area (TPSA) is 81.8 Å². The molecule has 0 saturated heterocycles. The SMILES string of the molecule is O=C(CC1CSc2nc3c(cnn3-c3cccc(Cl)c3)c(=O)n21)Nc1cc(F)ccc1F. The number of anilines is 1. The van der Waals surface area contributed by atoms with Crippen molar-refractivity contribution >= 4 is 46.0 Å². The van der Waals surface area contributed by atoms with Gasteiger partial charge in [0, 0.05) is 23.3 Å². The van der Waals surface area contributed by atoms with Crippen LogP contribution in [0.25, 0.3) is 16.7 Å². The van der Waals surface area contributed by atoms with Crippen molar-refractivity contribution in [1.29, 1.82) is 0 Å². The predicted molar refractivity (Wildman–Crippen MR) is 118 cm³/mol. The van der Waals surface area contributed by atoms with Gasteiger partial charge >= 0.3 is 0 Å². The number of nitrogens with zero attached hydrogens (tertiary/aromatic N) is 4. The maximum Gasteiger partial charge on any atom is 0.265 e. The molecule has 0 bridgehead atoms. The molecule has 4 aromatic rings. The molecule has 0 aliphatic carbocycles. The number of carbonyl (C=O) groups is 1. The first-order valence-corrected chi connectivity index (χ1v) is 10.9. The molecule has 3 heterocycles. The number of rotatable bonds is 4. The molecule has 1 atom stereocenters. The van der Waals surface area contributed by atoms with Gasteiger partial charge in [-0.15, -0.1) is 0 Å². The molecule has 1 unspecified atom stereocenters. The Morgan fingerprint density at radius 3 is 2.91 bits per heavy atom. The zero-order valence-electron chi connectivity index (χ0n) is 16.3. The fraction of sp³-hybridized carbons (Fsp3) is 0.143. The minimum Gasteiger partial charge on any atom is -0.323 e. The van der Waals surface area contributed by atoms with E-state index >= 15 is 0 Å². The second kappa shape index (κ2) is 8.03. The van der Waals surface area contributed by atoms with Gasteiger partial charge < -0.3 is 5.32 Å². The van der Waals surface area contributed by atoms with Crippen LogP contribution in [0, 0.1) is 11.6 Å². The summed E-state index contributed by atoms with van der Waals surface area (Å²) in [6.45, 7) is 0. The van der Waals surface area contributed by atoms with Crippen LogP contribution in [0.5, 0.6) is 0 Å². The number of fused-ring (bicyclic) bond motifs is 2. The van der Waals surface area contributed by atoms with Gasteiger partial charge in [0.05, 0.1) is 23.6 Å². The molecule has 11 heteroatoms. The first kappa shape index (κ1) is 20.7. The summed E-state index contributed by atoms with van der Waals surface area (Å²) in [5, 5.41) is 7.94. The lowest BCUT2D eigenvalue weighted by molar-refractivity contribution is -0.116. The zero-order valence-corrected chi connectivity index (χ0v) is 17.8. The first-order valence-electron chi connectivity index (χ1n) is 9.54. The molecule has 0 saturated carbocycles. The van der Waals surface area contributed by atoms with Gasteiger partial charge in [0.1, 0.15) is 17.0 Å². The van der Waals surface area contributed by atoms with Crippen LogP contribution in [-0.4, -0.2) is 31.0 Å². The van der Waals surface area contributed by atoms with E-state index in [0.29, 0.717) is 32.7 Å². The van der Waals surface area contributed by atoms with Gasteiger partial charge in [-0.2, -0.15) is 5.10 Å². The number of carbonyl (C=O) groups excluding carboxylic acids is 1. The van der Waals surface area contributed by atoms with Gasteiger partial charge in [0.2, 0.25) is 5.91 Å². The van der Waals surface area contributed by atoms with Crippen molar-refractivity contribution in [2.45, 2.75) is 17.6 Å². The Bertz CT molecular complexity index is 1440. The van der Waals surface area contributed by atoms with Crippen molar-refractivity contribution in [2.75, 3.05) is 11.1 Å². The molecule has 1 amide bonds. The van der Waals surface area contributed by atoms with Crippen LogP contribution < -0.4 is 10.9 Å².